The molecule has 3 aromatic rings. The van der Waals surface area contributed by atoms with Crippen LogP contribution >= 0.6 is 11.6 Å². The lowest BCUT2D eigenvalue weighted by molar-refractivity contribution is -0.142. The van der Waals surface area contributed by atoms with Gasteiger partial charge in [-0.15, -0.1) is 0 Å². The molecule has 1 aromatic carbocycles. The van der Waals surface area contributed by atoms with E-state index >= 15 is 0 Å². The van der Waals surface area contributed by atoms with E-state index in [9.17, 15) is 27.6 Å². The van der Waals surface area contributed by atoms with Gasteiger partial charge in [-0.1, -0.05) is 11.6 Å². The number of aromatic amines is 1. The molecule has 0 aliphatic heterocycles. The molecule has 2 heterocycles. The molecule has 0 fully saturated rings. The van der Waals surface area contributed by atoms with Crippen LogP contribution in [-0.4, -0.2) is 19.3 Å². The molecule has 0 spiro atoms. The second-order valence-electron chi connectivity index (χ2n) is 5.85. The Bertz CT molecular complexity index is 1370. The van der Waals surface area contributed by atoms with Gasteiger partial charge in [0.05, 0.1) is 11.6 Å². The van der Waals surface area contributed by atoms with Crippen LogP contribution in [0.25, 0.3) is 5.69 Å². The van der Waals surface area contributed by atoms with Crippen molar-refractivity contribution in [3.8, 4) is 23.3 Å². The first-order valence-electron chi connectivity index (χ1n) is 7.89. The first-order valence-corrected chi connectivity index (χ1v) is 8.27. The van der Waals surface area contributed by atoms with E-state index in [4.69, 9.17) is 21.6 Å². The van der Waals surface area contributed by atoms with Crippen LogP contribution in [0.3, 0.4) is 0 Å². The Morgan fingerprint density at radius 2 is 1.90 bits per heavy atom. The predicted octanol–water partition coefficient (Wildman–Crippen LogP) is 1.96. The standard InChI is InChI=1S/C17H9ClF3N5O4/c1-25-12(27)5-11(15(28)24-25)26-7-23-14(17(19,20)21)13(16(26)29)30-10-3-8(6-22)2-9(18)4-10/h2-5,7H,1H3,(H,24,28). The number of benzene rings is 1. The van der Waals surface area contributed by atoms with Crippen molar-refractivity contribution in [3.63, 3.8) is 0 Å². The number of hydrogen-bond donors (Lipinski definition) is 1. The van der Waals surface area contributed by atoms with Gasteiger partial charge in [0.1, 0.15) is 17.8 Å². The van der Waals surface area contributed by atoms with E-state index < -0.39 is 40.0 Å². The Labute approximate surface area is 169 Å². The summed E-state index contributed by atoms with van der Waals surface area (Å²) in [5.74, 6) is -1.60. The summed E-state index contributed by atoms with van der Waals surface area (Å²) >= 11 is 5.81. The highest BCUT2D eigenvalue weighted by atomic mass is 35.5. The van der Waals surface area contributed by atoms with Gasteiger partial charge in [0, 0.05) is 18.1 Å². The van der Waals surface area contributed by atoms with E-state index in [0.29, 0.717) is 10.9 Å². The number of nitrogens with one attached hydrogen (secondary N) is 1. The maximum atomic E-state index is 13.4. The van der Waals surface area contributed by atoms with Gasteiger partial charge in [0.15, 0.2) is 5.69 Å². The Morgan fingerprint density at radius 1 is 1.20 bits per heavy atom. The maximum Gasteiger partial charge on any atom is 0.437 e. The summed E-state index contributed by atoms with van der Waals surface area (Å²) in [5.41, 5.74) is -5.32. The lowest BCUT2D eigenvalue weighted by atomic mass is 10.2. The number of alkyl halides is 3. The van der Waals surface area contributed by atoms with Crippen molar-refractivity contribution < 1.29 is 17.9 Å². The van der Waals surface area contributed by atoms with Crippen molar-refractivity contribution in [1.82, 2.24) is 19.3 Å². The SMILES string of the molecule is Cn1[nH]c(=O)c(-n2cnc(C(F)(F)F)c(Oc3cc(Cl)cc(C#N)c3)c2=O)cc1=O. The molecule has 154 valence electrons. The Morgan fingerprint density at radius 3 is 2.53 bits per heavy atom. The zero-order valence-electron chi connectivity index (χ0n) is 14.8. The molecule has 0 atom stereocenters. The number of H-pyrrole nitrogens is 1. The molecule has 2 aromatic heterocycles. The quantitative estimate of drug-likeness (QED) is 0.665. The van der Waals surface area contributed by atoms with Crippen molar-refractivity contribution in [2.24, 2.45) is 7.05 Å². The normalized spacial score (nSPS) is 11.2. The number of nitriles is 1. The molecule has 3 rings (SSSR count). The summed E-state index contributed by atoms with van der Waals surface area (Å²) in [5, 5.41) is 11.1. The van der Waals surface area contributed by atoms with Gasteiger partial charge in [0.2, 0.25) is 5.75 Å². The van der Waals surface area contributed by atoms with E-state index in [2.05, 4.69) is 10.1 Å². The number of aromatic nitrogens is 4. The third-order valence-corrected chi connectivity index (χ3v) is 3.99. The molecule has 9 nitrogen and oxygen atoms in total. The second-order valence-corrected chi connectivity index (χ2v) is 6.29. The van der Waals surface area contributed by atoms with Crippen LogP contribution in [0.15, 0.2) is 45.0 Å². The largest absolute Gasteiger partial charge is 0.449 e. The third-order valence-electron chi connectivity index (χ3n) is 3.77. The van der Waals surface area contributed by atoms with Crippen LogP contribution in [0.2, 0.25) is 5.02 Å². The molecular weight excluding hydrogens is 431 g/mol. The molecule has 0 unspecified atom stereocenters. The molecule has 13 heteroatoms. The van der Waals surface area contributed by atoms with Crippen molar-refractivity contribution in [2.45, 2.75) is 6.18 Å². The Balaban J connectivity index is 2.27. The summed E-state index contributed by atoms with van der Waals surface area (Å²) in [6.45, 7) is 0. The lowest BCUT2D eigenvalue weighted by Crippen LogP contribution is -2.34. The van der Waals surface area contributed by atoms with Gasteiger partial charge in [-0.2, -0.15) is 18.4 Å². The highest BCUT2D eigenvalue weighted by molar-refractivity contribution is 6.30. The van der Waals surface area contributed by atoms with E-state index in [1.165, 1.54) is 13.1 Å². The summed E-state index contributed by atoms with van der Waals surface area (Å²) in [7, 11) is 1.24. The average Bonchev–Trinajstić information content (AvgIpc) is 2.65. The van der Waals surface area contributed by atoms with E-state index in [0.717, 1.165) is 22.9 Å². The van der Waals surface area contributed by atoms with Crippen LogP contribution < -0.4 is 21.4 Å². The topological polar surface area (TPSA) is 123 Å². The molecule has 0 saturated heterocycles. The van der Waals surface area contributed by atoms with E-state index in [-0.39, 0.29) is 16.3 Å². The number of hydrogen-bond acceptors (Lipinski definition) is 6. The first kappa shape index (κ1) is 20.9. The number of ether oxygens (including phenoxy) is 1. The van der Waals surface area contributed by atoms with Crippen LogP contribution in [0.5, 0.6) is 11.5 Å². The van der Waals surface area contributed by atoms with Gasteiger partial charge in [-0.25, -0.2) is 4.98 Å². The molecule has 0 aliphatic rings. The zero-order valence-corrected chi connectivity index (χ0v) is 15.6. The monoisotopic (exact) mass is 439 g/mol. The van der Waals surface area contributed by atoms with Gasteiger partial charge in [-0.05, 0) is 18.2 Å². The number of aryl methyl sites for hydroxylation is 1. The molecule has 0 bridgehead atoms. The average molecular weight is 440 g/mol. The number of nitrogens with zero attached hydrogens (tertiary/aromatic N) is 4. The smallest absolute Gasteiger partial charge is 0.437 e. The van der Waals surface area contributed by atoms with E-state index in [1.807, 2.05) is 0 Å². The minimum atomic E-state index is -5.08. The van der Waals surface area contributed by atoms with Crippen LogP contribution in [-0.2, 0) is 13.2 Å². The fraction of sp³-hybridized carbons (Fsp3) is 0.118. The fourth-order valence-corrected chi connectivity index (χ4v) is 2.65. The minimum absolute atomic E-state index is 0.0233. The molecule has 0 amide bonds. The summed E-state index contributed by atoms with van der Waals surface area (Å²) in [6, 6.07) is 5.88. The lowest BCUT2D eigenvalue weighted by Gasteiger charge is -2.14. The Hall–Kier alpha value is -3.85. The van der Waals surface area contributed by atoms with Crippen molar-refractivity contribution in [1.29, 1.82) is 5.26 Å². The minimum Gasteiger partial charge on any atom is -0.449 e. The molecule has 30 heavy (non-hydrogen) atoms. The molecule has 0 radical (unpaired) electrons. The highest BCUT2D eigenvalue weighted by Crippen LogP contribution is 2.35. The molecule has 1 N–H and O–H groups in total. The summed E-state index contributed by atoms with van der Waals surface area (Å²) in [4.78, 5) is 39.9. The van der Waals surface area contributed by atoms with Crippen molar-refractivity contribution in [3.05, 3.63) is 77.9 Å². The van der Waals surface area contributed by atoms with Gasteiger partial charge < -0.3 is 4.74 Å². The zero-order chi connectivity index (χ0) is 22.2. The van der Waals surface area contributed by atoms with Gasteiger partial charge in [-0.3, -0.25) is 28.7 Å². The van der Waals surface area contributed by atoms with Crippen LogP contribution in [0.4, 0.5) is 13.2 Å². The third kappa shape index (κ3) is 3.96. The van der Waals surface area contributed by atoms with Crippen molar-refractivity contribution >= 4 is 11.6 Å². The van der Waals surface area contributed by atoms with Crippen LogP contribution in [0.1, 0.15) is 11.3 Å². The van der Waals surface area contributed by atoms with Gasteiger partial charge in [0.25, 0.3) is 11.1 Å². The molecule has 0 aliphatic carbocycles. The predicted molar refractivity (Wildman–Crippen MR) is 96.9 cm³/mol. The first-order chi connectivity index (χ1) is 14.0. The number of halogens is 4. The highest BCUT2D eigenvalue weighted by Gasteiger charge is 2.39. The second kappa shape index (κ2) is 7.53. The summed E-state index contributed by atoms with van der Waals surface area (Å²) < 4.78 is 46.6. The molecule has 0 saturated carbocycles. The van der Waals surface area contributed by atoms with E-state index in [1.54, 1.807) is 6.07 Å². The fourth-order valence-electron chi connectivity index (χ4n) is 2.43. The molecular formula is C17H9ClF3N5O4. The van der Waals surface area contributed by atoms with Crippen molar-refractivity contribution in [2.75, 3.05) is 0 Å². The van der Waals surface area contributed by atoms with Crippen LogP contribution in [0, 0.1) is 11.3 Å². The number of rotatable bonds is 3. The maximum absolute atomic E-state index is 13.4. The van der Waals surface area contributed by atoms with Gasteiger partial charge >= 0.3 is 11.7 Å². The Kier molecular flexibility index (Phi) is 5.24. The summed E-state index contributed by atoms with van der Waals surface area (Å²) in [6.07, 6.45) is -4.62.